The van der Waals surface area contributed by atoms with Crippen LogP contribution in [0.25, 0.3) is 0 Å². The maximum Gasteiger partial charge on any atom is 0.254 e. The molecule has 1 amide bonds. The molecule has 0 aliphatic heterocycles. The summed E-state index contributed by atoms with van der Waals surface area (Å²) in [5.74, 6) is 1.04. The first-order chi connectivity index (χ1) is 8.61. The summed E-state index contributed by atoms with van der Waals surface area (Å²) in [5, 5.41) is 1.93. The normalized spacial score (nSPS) is 23.9. The third-order valence-corrected chi connectivity index (χ3v) is 5.58. The molecule has 0 radical (unpaired) electrons. The highest BCUT2D eigenvalue weighted by Crippen LogP contribution is 2.30. The number of amides is 1. The van der Waals surface area contributed by atoms with Crippen molar-refractivity contribution in [2.45, 2.75) is 45.1 Å². The van der Waals surface area contributed by atoms with Crippen molar-refractivity contribution in [3.8, 4) is 0 Å². The molecule has 1 aromatic heterocycles. The second-order valence-electron chi connectivity index (χ2n) is 5.14. The number of nitrogens with zero attached hydrogens (tertiary/aromatic N) is 1. The van der Waals surface area contributed by atoms with Gasteiger partial charge in [-0.05, 0) is 53.6 Å². The van der Waals surface area contributed by atoms with Crippen LogP contribution in [0.3, 0.4) is 0 Å². The molecule has 1 fully saturated rings. The molecule has 18 heavy (non-hydrogen) atoms. The van der Waals surface area contributed by atoms with Crippen LogP contribution >= 0.6 is 27.3 Å². The lowest BCUT2D eigenvalue weighted by molar-refractivity contribution is 0.0675. The Labute approximate surface area is 122 Å². The summed E-state index contributed by atoms with van der Waals surface area (Å²) in [6.07, 6.45) is 6.14. The number of hydrogen-bond acceptors (Lipinski definition) is 2. The van der Waals surface area contributed by atoms with Crippen molar-refractivity contribution in [3.63, 3.8) is 0 Å². The molecule has 0 spiro atoms. The molecule has 1 aliphatic rings. The van der Waals surface area contributed by atoms with Crippen molar-refractivity contribution in [1.29, 1.82) is 0 Å². The maximum absolute atomic E-state index is 12.3. The van der Waals surface area contributed by atoms with Crippen LogP contribution < -0.4 is 0 Å². The second-order valence-corrected chi connectivity index (χ2v) is 7.43. The lowest BCUT2D eigenvalue weighted by Crippen LogP contribution is -2.39. The molecule has 2 rings (SSSR count). The predicted octanol–water partition coefficient (Wildman–Crippen LogP) is 4.55. The van der Waals surface area contributed by atoms with Crippen LogP contribution in [0.15, 0.2) is 15.2 Å². The Morgan fingerprint density at radius 3 is 2.61 bits per heavy atom. The van der Waals surface area contributed by atoms with Gasteiger partial charge < -0.3 is 4.90 Å². The van der Waals surface area contributed by atoms with Crippen molar-refractivity contribution in [1.82, 2.24) is 4.90 Å². The number of carbonyl (C=O) groups excluding carboxylic acids is 1. The van der Waals surface area contributed by atoms with Crippen LogP contribution in [-0.2, 0) is 0 Å². The summed E-state index contributed by atoms with van der Waals surface area (Å²) in [4.78, 5) is 14.3. The molecule has 1 aliphatic carbocycles. The molecule has 4 heteroatoms. The fraction of sp³-hybridized carbons (Fsp3) is 0.643. The van der Waals surface area contributed by atoms with Crippen LogP contribution in [0.4, 0.5) is 0 Å². The Morgan fingerprint density at radius 1 is 1.44 bits per heavy atom. The minimum Gasteiger partial charge on any atom is -0.339 e. The molecule has 0 bridgehead atoms. The predicted molar refractivity (Wildman–Crippen MR) is 80.1 cm³/mol. The van der Waals surface area contributed by atoms with Gasteiger partial charge in [-0.15, -0.1) is 11.3 Å². The van der Waals surface area contributed by atoms with E-state index >= 15 is 0 Å². The van der Waals surface area contributed by atoms with E-state index in [0.717, 1.165) is 28.1 Å². The van der Waals surface area contributed by atoms with E-state index in [1.807, 2.05) is 23.4 Å². The zero-order chi connectivity index (χ0) is 13.1. The third kappa shape index (κ3) is 3.15. The summed E-state index contributed by atoms with van der Waals surface area (Å²) in [7, 11) is 1.95. The highest BCUT2D eigenvalue weighted by atomic mass is 79.9. The van der Waals surface area contributed by atoms with E-state index in [9.17, 15) is 4.79 Å². The quantitative estimate of drug-likeness (QED) is 0.796. The number of thiophene rings is 1. The number of rotatable bonds is 3. The molecule has 0 unspecified atom stereocenters. The van der Waals surface area contributed by atoms with Crippen LogP contribution in [0.1, 0.15) is 49.4 Å². The third-order valence-electron chi connectivity index (χ3n) is 4.08. The number of halogens is 1. The molecule has 0 N–H and O–H groups in total. The van der Waals surface area contributed by atoms with Crippen LogP contribution in [-0.4, -0.2) is 23.9 Å². The molecule has 1 heterocycles. The van der Waals surface area contributed by atoms with Gasteiger partial charge in [-0.2, -0.15) is 0 Å². The first-order valence-corrected chi connectivity index (χ1v) is 8.30. The van der Waals surface area contributed by atoms with E-state index < -0.39 is 0 Å². The van der Waals surface area contributed by atoms with Crippen LogP contribution in [0.5, 0.6) is 0 Å². The van der Waals surface area contributed by atoms with E-state index in [2.05, 4.69) is 22.9 Å². The van der Waals surface area contributed by atoms with Crippen molar-refractivity contribution in [3.05, 3.63) is 20.8 Å². The minimum absolute atomic E-state index is 0.164. The van der Waals surface area contributed by atoms with Gasteiger partial charge in [-0.3, -0.25) is 4.79 Å². The Balaban J connectivity index is 1.95. The zero-order valence-corrected chi connectivity index (χ0v) is 13.4. The van der Waals surface area contributed by atoms with Crippen LogP contribution in [0.2, 0.25) is 0 Å². The van der Waals surface area contributed by atoms with E-state index in [4.69, 9.17) is 0 Å². The van der Waals surface area contributed by atoms with E-state index in [1.165, 1.54) is 19.3 Å². The van der Waals surface area contributed by atoms with E-state index in [-0.39, 0.29) is 5.91 Å². The zero-order valence-electron chi connectivity index (χ0n) is 11.0. The van der Waals surface area contributed by atoms with Gasteiger partial charge in [0.1, 0.15) is 0 Å². The van der Waals surface area contributed by atoms with Gasteiger partial charge in [0, 0.05) is 18.5 Å². The summed E-state index contributed by atoms with van der Waals surface area (Å²) in [5.41, 5.74) is 0.812. The molecule has 2 nitrogen and oxygen atoms in total. The van der Waals surface area contributed by atoms with Gasteiger partial charge in [-0.1, -0.05) is 13.3 Å². The Morgan fingerprint density at radius 2 is 2.11 bits per heavy atom. The van der Waals surface area contributed by atoms with E-state index in [1.54, 1.807) is 11.3 Å². The van der Waals surface area contributed by atoms with Crippen molar-refractivity contribution < 1.29 is 4.79 Å². The molecule has 100 valence electrons. The van der Waals surface area contributed by atoms with Gasteiger partial charge in [0.05, 0.1) is 9.35 Å². The molecular formula is C14H20BrNOS. The summed E-state index contributed by atoms with van der Waals surface area (Å²) in [6, 6.07) is 2.35. The molecule has 1 saturated carbocycles. The fourth-order valence-electron chi connectivity index (χ4n) is 2.73. The largest absolute Gasteiger partial charge is 0.339 e. The Bertz CT molecular complexity index is 410. The van der Waals surface area contributed by atoms with Crippen molar-refractivity contribution >= 4 is 33.2 Å². The number of hydrogen-bond donors (Lipinski definition) is 0. The minimum atomic E-state index is 0.164. The average molecular weight is 330 g/mol. The first kappa shape index (κ1) is 14.1. The summed E-state index contributed by atoms with van der Waals surface area (Å²) >= 11 is 4.98. The van der Waals surface area contributed by atoms with Crippen molar-refractivity contribution in [2.24, 2.45) is 5.92 Å². The molecule has 0 atom stereocenters. The monoisotopic (exact) mass is 329 g/mol. The van der Waals surface area contributed by atoms with Gasteiger partial charge in [0.25, 0.3) is 5.91 Å². The SMILES string of the molecule is CCC1CCC(N(C)C(=O)c2csc(Br)c2)CC1. The molecule has 0 aromatic carbocycles. The number of carbonyl (C=O) groups is 1. The van der Waals surface area contributed by atoms with Gasteiger partial charge in [0.15, 0.2) is 0 Å². The topological polar surface area (TPSA) is 20.3 Å². The highest BCUT2D eigenvalue weighted by Gasteiger charge is 2.26. The smallest absolute Gasteiger partial charge is 0.254 e. The van der Waals surface area contributed by atoms with Crippen molar-refractivity contribution in [2.75, 3.05) is 7.05 Å². The molecule has 1 aromatic rings. The van der Waals surface area contributed by atoms with Gasteiger partial charge in [0.2, 0.25) is 0 Å². The summed E-state index contributed by atoms with van der Waals surface area (Å²) < 4.78 is 1.02. The maximum atomic E-state index is 12.3. The second kappa shape index (κ2) is 6.20. The standard InChI is InChI=1S/C14H20BrNOS/c1-3-10-4-6-12(7-5-10)16(2)14(17)11-8-13(15)18-9-11/h8-10,12H,3-7H2,1-2H3. The average Bonchev–Trinajstić information content (AvgIpc) is 2.84. The van der Waals surface area contributed by atoms with Gasteiger partial charge >= 0.3 is 0 Å². The van der Waals surface area contributed by atoms with Gasteiger partial charge in [-0.25, -0.2) is 0 Å². The van der Waals surface area contributed by atoms with E-state index in [0.29, 0.717) is 6.04 Å². The molecular weight excluding hydrogens is 310 g/mol. The van der Waals surface area contributed by atoms with Crippen LogP contribution in [0, 0.1) is 5.92 Å². The highest BCUT2D eigenvalue weighted by molar-refractivity contribution is 9.11. The fourth-order valence-corrected chi connectivity index (χ4v) is 3.86. The lowest BCUT2D eigenvalue weighted by Gasteiger charge is -2.34. The summed E-state index contributed by atoms with van der Waals surface area (Å²) in [6.45, 7) is 2.27. The lowest BCUT2D eigenvalue weighted by atomic mass is 9.84. The first-order valence-electron chi connectivity index (χ1n) is 6.63. The Hall–Kier alpha value is -0.350. The Kier molecular flexibility index (Phi) is 4.84. The molecule has 0 saturated heterocycles.